The molecule has 0 spiro atoms. The molecule has 9 atom stereocenters. The molecule has 3 aliphatic rings. The van der Waals surface area contributed by atoms with Gasteiger partial charge in [-0.05, 0) is 0 Å². The summed E-state index contributed by atoms with van der Waals surface area (Å²) in [4.78, 5) is 0. The van der Waals surface area contributed by atoms with E-state index >= 15 is 0 Å². The topological polar surface area (TPSA) is 0 Å². The van der Waals surface area contributed by atoms with E-state index in [0.29, 0.717) is 0 Å². The second kappa shape index (κ2) is 11.6. The molecule has 3 saturated carbocycles. The van der Waals surface area contributed by atoms with E-state index in [2.05, 4.69) is 62.3 Å². The average Bonchev–Trinajstić information content (AvgIpc) is 2.72. The van der Waals surface area contributed by atoms with E-state index in [1.165, 1.54) is 38.5 Å². The first-order valence-electron chi connectivity index (χ1n) is 14.7. The molecular weight excluding hydrogens is 559 g/mol. The van der Waals surface area contributed by atoms with Crippen LogP contribution in [0.1, 0.15) is 120 Å². The molecule has 0 radical (unpaired) electrons. The second-order valence-corrected chi connectivity index (χ2v) is 34.4. The molecule has 0 saturated heterocycles. The van der Waals surface area contributed by atoms with Crippen LogP contribution in [0.15, 0.2) is 0 Å². The van der Waals surface area contributed by atoms with Gasteiger partial charge in [-0.25, -0.2) is 0 Å². The Bertz CT molecular complexity index is 505. The standard InChI is InChI=1S/3C10H19.BrH.Sn/c3*1-8(2)10-6-4-9(3)5-7-10;;/h3*6,8-10H,4-5,7H2,1-3H3;1H;/q;;;;+1/p-1. The zero-order chi connectivity index (χ0) is 23.8. The molecule has 3 fully saturated rings. The van der Waals surface area contributed by atoms with Crippen LogP contribution in [-0.2, 0) is 0 Å². The minimum absolute atomic E-state index is 0.859. The first-order chi connectivity index (χ1) is 15.0. The number of hydrogen-bond acceptors (Lipinski definition) is 0. The Balaban J connectivity index is 2.14. The molecule has 188 valence electrons. The van der Waals surface area contributed by atoms with Gasteiger partial charge >= 0.3 is 214 Å². The first kappa shape index (κ1) is 27.9. The summed E-state index contributed by atoms with van der Waals surface area (Å²) in [5.41, 5.74) is 0. The summed E-state index contributed by atoms with van der Waals surface area (Å²) < 4.78 is 3.17. The third-order valence-electron chi connectivity index (χ3n) is 10.8. The van der Waals surface area contributed by atoms with Crippen LogP contribution in [-0.4, -0.2) is 16.2 Å². The fourth-order valence-electron chi connectivity index (χ4n) is 8.96. The fraction of sp³-hybridized carbons (Fsp3) is 1.00. The van der Waals surface area contributed by atoms with Crippen LogP contribution >= 0.6 is 12.7 Å². The summed E-state index contributed by atoms with van der Waals surface area (Å²) in [5.74, 6) is 8.36. The van der Waals surface area contributed by atoms with Crippen molar-refractivity contribution in [1.82, 2.24) is 0 Å². The van der Waals surface area contributed by atoms with Crippen molar-refractivity contribution in [2.45, 2.75) is 132 Å². The quantitative estimate of drug-likeness (QED) is 0.261. The van der Waals surface area contributed by atoms with Crippen molar-refractivity contribution in [2.75, 3.05) is 0 Å². The van der Waals surface area contributed by atoms with E-state index in [4.69, 9.17) is 12.7 Å². The molecule has 0 aliphatic heterocycles. The Labute approximate surface area is 212 Å². The first-order valence-corrected chi connectivity index (χ1v) is 26.0. The zero-order valence-electron chi connectivity index (χ0n) is 23.2. The third-order valence-corrected chi connectivity index (χ3v) is 38.0. The molecule has 0 aromatic carbocycles. The van der Waals surface area contributed by atoms with E-state index in [9.17, 15) is 0 Å². The summed E-state index contributed by atoms with van der Waals surface area (Å²) in [6, 6.07) is 0. The maximum atomic E-state index is 5.09. The fourth-order valence-corrected chi connectivity index (χ4v) is 41.1. The number of halogens is 1. The van der Waals surface area contributed by atoms with Gasteiger partial charge in [0.15, 0.2) is 0 Å². The van der Waals surface area contributed by atoms with Gasteiger partial charge in [0.2, 0.25) is 0 Å². The summed E-state index contributed by atoms with van der Waals surface area (Å²) >= 11 is 2.30. The molecule has 2 heteroatoms. The Morgan fingerprint density at radius 3 is 0.969 bits per heavy atom. The van der Waals surface area contributed by atoms with Crippen molar-refractivity contribution >= 4 is 28.9 Å². The summed E-state index contributed by atoms with van der Waals surface area (Å²) in [6.45, 7) is 23.2. The number of rotatable bonds is 6. The van der Waals surface area contributed by atoms with Crippen LogP contribution in [0.4, 0.5) is 0 Å². The molecule has 0 bridgehead atoms. The van der Waals surface area contributed by atoms with Crippen LogP contribution in [0.3, 0.4) is 0 Å². The van der Waals surface area contributed by atoms with Crippen molar-refractivity contribution in [2.24, 2.45) is 53.3 Å². The van der Waals surface area contributed by atoms with Gasteiger partial charge in [-0.1, -0.05) is 0 Å². The third kappa shape index (κ3) is 5.81. The van der Waals surface area contributed by atoms with Gasteiger partial charge in [-0.2, -0.15) is 0 Å². The summed E-state index contributed by atoms with van der Waals surface area (Å²) in [6.07, 6.45) is 13.6. The van der Waals surface area contributed by atoms with E-state index in [0.717, 1.165) is 65.1 Å². The van der Waals surface area contributed by atoms with E-state index in [1.807, 2.05) is 0 Å². The Hall–Kier alpha value is 1.28. The van der Waals surface area contributed by atoms with Gasteiger partial charge in [0.05, 0.1) is 0 Å². The van der Waals surface area contributed by atoms with Gasteiger partial charge in [0.1, 0.15) is 0 Å². The summed E-state index contributed by atoms with van der Waals surface area (Å²) in [7, 11) is 0. The van der Waals surface area contributed by atoms with Crippen LogP contribution in [0, 0.1) is 53.3 Å². The molecule has 0 amide bonds. The summed E-state index contributed by atoms with van der Waals surface area (Å²) in [5, 5.41) is 0. The molecule has 0 aromatic rings. The van der Waals surface area contributed by atoms with Crippen LogP contribution in [0.2, 0.25) is 11.8 Å². The molecule has 0 aromatic heterocycles. The monoisotopic (exact) mass is 616 g/mol. The molecule has 3 rings (SSSR count). The van der Waals surface area contributed by atoms with Gasteiger partial charge in [-0.3, -0.25) is 0 Å². The number of hydrogen-bond donors (Lipinski definition) is 0. The molecule has 0 heterocycles. The van der Waals surface area contributed by atoms with Crippen molar-refractivity contribution in [3.63, 3.8) is 0 Å². The Morgan fingerprint density at radius 2 is 0.750 bits per heavy atom. The van der Waals surface area contributed by atoms with Gasteiger partial charge in [-0.15, -0.1) is 0 Å². The van der Waals surface area contributed by atoms with E-state index in [-0.39, 0.29) is 0 Å². The van der Waals surface area contributed by atoms with Gasteiger partial charge in [0, 0.05) is 0 Å². The predicted molar refractivity (Wildman–Crippen MR) is 150 cm³/mol. The van der Waals surface area contributed by atoms with Crippen LogP contribution in [0.25, 0.3) is 0 Å². The molecule has 32 heavy (non-hydrogen) atoms. The van der Waals surface area contributed by atoms with E-state index < -0.39 is 16.2 Å². The molecule has 9 unspecified atom stereocenters. The Kier molecular flexibility index (Phi) is 10.1. The molecule has 0 nitrogen and oxygen atoms in total. The van der Waals surface area contributed by atoms with E-state index in [1.54, 1.807) is 19.3 Å². The zero-order valence-corrected chi connectivity index (χ0v) is 27.6. The van der Waals surface area contributed by atoms with Crippen LogP contribution < -0.4 is 0 Å². The van der Waals surface area contributed by atoms with Crippen molar-refractivity contribution in [1.29, 1.82) is 0 Å². The normalized spacial score (nSPS) is 43.6. The van der Waals surface area contributed by atoms with Gasteiger partial charge < -0.3 is 0 Å². The van der Waals surface area contributed by atoms with Crippen molar-refractivity contribution < 1.29 is 0 Å². The molecule has 3 aliphatic carbocycles. The molecular formula is C30H57BrSn. The SMILES string of the molecule is CC1CCC(C(C)C)[CH]([Sn]([Br])([CH]2CC(C)CCC2C(C)C)[CH]2CC(C)CCC2C(C)C)C1. The Morgan fingerprint density at radius 1 is 0.500 bits per heavy atom. The minimum atomic E-state index is -2.79. The average molecular weight is 616 g/mol. The van der Waals surface area contributed by atoms with Crippen LogP contribution in [0.5, 0.6) is 0 Å². The van der Waals surface area contributed by atoms with Crippen molar-refractivity contribution in [3.8, 4) is 0 Å². The predicted octanol–water partition coefficient (Wildman–Crippen LogP) is 10.7. The van der Waals surface area contributed by atoms with Gasteiger partial charge in [0.25, 0.3) is 0 Å². The maximum absolute atomic E-state index is 5.09. The van der Waals surface area contributed by atoms with Crippen molar-refractivity contribution in [3.05, 3.63) is 0 Å². The molecule has 0 N–H and O–H groups in total. The second-order valence-electron chi connectivity index (χ2n) is 14.1.